The van der Waals surface area contributed by atoms with E-state index in [1.54, 1.807) is 0 Å². The number of rotatable bonds is 3. The SMILES string of the molecule is NCC1(O)CC(C(=O)N2CCCC(C(=O)N3CCNCC3)C2)C1. The molecule has 3 fully saturated rings. The van der Waals surface area contributed by atoms with E-state index in [2.05, 4.69) is 5.32 Å². The highest BCUT2D eigenvalue weighted by Gasteiger charge is 2.47. The first-order valence-electron chi connectivity index (χ1n) is 8.73. The number of amides is 2. The van der Waals surface area contributed by atoms with Crippen molar-refractivity contribution in [3.63, 3.8) is 0 Å². The second-order valence-corrected chi connectivity index (χ2v) is 7.23. The topological polar surface area (TPSA) is 98.9 Å². The molecule has 0 radical (unpaired) electrons. The Morgan fingerprint density at radius 1 is 1.09 bits per heavy atom. The standard InChI is InChI=1S/C16H28N4O3/c17-11-16(23)8-13(9-16)15(22)20-5-1-2-12(10-20)14(21)19-6-3-18-4-7-19/h12-13,18,23H,1-11,17H2. The zero-order valence-corrected chi connectivity index (χ0v) is 13.7. The van der Waals surface area contributed by atoms with Crippen molar-refractivity contribution in [2.75, 3.05) is 45.8 Å². The second-order valence-electron chi connectivity index (χ2n) is 7.23. The van der Waals surface area contributed by atoms with Gasteiger partial charge in [0.05, 0.1) is 11.5 Å². The molecule has 2 saturated heterocycles. The average molecular weight is 324 g/mol. The first kappa shape index (κ1) is 16.7. The minimum absolute atomic E-state index is 0.0701. The number of piperazine rings is 1. The van der Waals surface area contributed by atoms with Gasteiger partial charge in [0.25, 0.3) is 0 Å². The maximum atomic E-state index is 12.6. The number of nitrogens with two attached hydrogens (primary N) is 1. The minimum Gasteiger partial charge on any atom is -0.389 e. The third kappa shape index (κ3) is 3.51. The first-order valence-corrected chi connectivity index (χ1v) is 8.73. The molecule has 0 bridgehead atoms. The lowest BCUT2D eigenvalue weighted by atomic mass is 9.70. The van der Waals surface area contributed by atoms with Crippen LogP contribution in [0.5, 0.6) is 0 Å². The first-order chi connectivity index (χ1) is 11.0. The molecule has 2 amide bonds. The van der Waals surface area contributed by atoms with Crippen molar-refractivity contribution in [3.05, 3.63) is 0 Å². The molecule has 1 saturated carbocycles. The average Bonchev–Trinajstić information content (AvgIpc) is 2.58. The van der Waals surface area contributed by atoms with Crippen LogP contribution in [0.2, 0.25) is 0 Å². The largest absolute Gasteiger partial charge is 0.389 e. The predicted molar refractivity (Wildman–Crippen MR) is 85.5 cm³/mol. The van der Waals surface area contributed by atoms with Gasteiger partial charge >= 0.3 is 0 Å². The van der Waals surface area contributed by atoms with Crippen LogP contribution in [0.1, 0.15) is 25.7 Å². The Balaban J connectivity index is 1.54. The highest BCUT2D eigenvalue weighted by molar-refractivity contribution is 5.83. The van der Waals surface area contributed by atoms with E-state index in [0.717, 1.165) is 45.6 Å². The fraction of sp³-hybridized carbons (Fsp3) is 0.875. The summed E-state index contributed by atoms with van der Waals surface area (Å²) >= 11 is 0. The van der Waals surface area contributed by atoms with Crippen LogP contribution in [0.4, 0.5) is 0 Å². The fourth-order valence-corrected chi connectivity index (χ4v) is 3.98. The molecule has 1 atom stereocenters. The normalized spacial score (nSPS) is 34.9. The molecular formula is C16H28N4O3. The molecule has 23 heavy (non-hydrogen) atoms. The molecule has 7 heteroatoms. The molecular weight excluding hydrogens is 296 g/mol. The summed E-state index contributed by atoms with van der Waals surface area (Å²) < 4.78 is 0. The van der Waals surface area contributed by atoms with Crippen molar-refractivity contribution >= 4 is 11.8 Å². The van der Waals surface area contributed by atoms with Crippen LogP contribution in [0.3, 0.4) is 0 Å². The van der Waals surface area contributed by atoms with Crippen LogP contribution >= 0.6 is 0 Å². The summed E-state index contributed by atoms with van der Waals surface area (Å²) in [4.78, 5) is 28.9. The third-order valence-electron chi connectivity index (χ3n) is 5.49. The highest BCUT2D eigenvalue weighted by atomic mass is 16.3. The van der Waals surface area contributed by atoms with Crippen molar-refractivity contribution in [3.8, 4) is 0 Å². The molecule has 3 aliphatic rings. The van der Waals surface area contributed by atoms with E-state index in [0.29, 0.717) is 19.4 Å². The minimum atomic E-state index is -0.855. The van der Waals surface area contributed by atoms with Gasteiger partial charge in [-0.15, -0.1) is 0 Å². The van der Waals surface area contributed by atoms with E-state index < -0.39 is 5.60 Å². The maximum absolute atomic E-state index is 12.6. The highest BCUT2D eigenvalue weighted by Crippen LogP contribution is 2.38. The van der Waals surface area contributed by atoms with Gasteiger partial charge in [0.2, 0.25) is 11.8 Å². The van der Waals surface area contributed by atoms with Gasteiger partial charge in [-0.05, 0) is 25.7 Å². The Bertz CT molecular complexity index is 458. The van der Waals surface area contributed by atoms with Crippen molar-refractivity contribution < 1.29 is 14.7 Å². The Morgan fingerprint density at radius 2 is 1.74 bits per heavy atom. The van der Waals surface area contributed by atoms with E-state index >= 15 is 0 Å². The molecule has 130 valence electrons. The van der Waals surface area contributed by atoms with Crippen molar-refractivity contribution in [2.45, 2.75) is 31.3 Å². The monoisotopic (exact) mass is 324 g/mol. The van der Waals surface area contributed by atoms with Gasteiger partial charge in [-0.3, -0.25) is 9.59 Å². The fourth-order valence-electron chi connectivity index (χ4n) is 3.98. The smallest absolute Gasteiger partial charge is 0.227 e. The molecule has 7 nitrogen and oxygen atoms in total. The Hall–Kier alpha value is -1.18. The number of hydrogen-bond acceptors (Lipinski definition) is 5. The summed E-state index contributed by atoms with van der Waals surface area (Å²) in [6.07, 6.45) is 2.65. The lowest BCUT2D eigenvalue weighted by Crippen LogP contribution is -2.57. The van der Waals surface area contributed by atoms with Gasteiger partial charge in [0, 0.05) is 51.7 Å². The summed E-state index contributed by atoms with van der Waals surface area (Å²) in [5.74, 6) is 0.0767. The van der Waals surface area contributed by atoms with Crippen LogP contribution in [0.15, 0.2) is 0 Å². The quantitative estimate of drug-likeness (QED) is 0.603. The van der Waals surface area contributed by atoms with E-state index in [-0.39, 0.29) is 30.2 Å². The van der Waals surface area contributed by atoms with Gasteiger partial charge in [-0.2, -0.15) is 0 Å². The molecule has 0 spiro atoms. The molecule has 0 aromatic carbocycles. The molecule has 2 heterocycles. The molecule has 3 rings (SSSR count). The van der Waals surface area contributed by atoms with Crippen LogP contribution < -0.4 is 11.1 Å². The zero-order valence-electron chi connectivity index (χ0n) is 13.7. The number of carbonyl (C=O) groups is 2. The number of aliphatic hydroxyl groups is 1. The Labute approximate surface area is 137 Å². The number of nitrogens with one attached hydrogen (secondary N) is 1. The molecule has 2 aliphatic heterocycles. The van der Waals surface area contributed by atoms with Gasteiger partial charge in [-0.25, -0.2) is 0 Å². The van der Waals surface area contributed by atoms with Gasteiger partial charge < -0.3 is 26.0 Å². The second kappa shape index (κ2) is 6.75. The molecule has 0 aromatic rings. The van der Waals surface area contributed by atoms with E-state index in [1.165, 1.54) is 0 Å². The van der Waals surface area contributed by atoms with Crippen LogP contribution in [-0.4, -0.2) is 78.1 Å². The number of nitrogens with zero attached hydrogens (tertiary/aromatic N) is 2. The summed E-state index contributed by atoms with van der Waals surface area (Å²) in [7, 11) is 0. The number of likely N-dealkylation sites (tertiary alicyclic amines) is 1. The van der Waals surface area contributed by atoms with Gasteiger partial charge in [-0.1, -0.05) is 0 Å². The summed E-state index contributed by atoms with van der Waals surface area (Å²) in [6, 6.07) is 0. The van der Waals surface area contributed by atoms with Crippen LogP contribution in [0, 0.1) is 11.8 Å². The van der Waals surface area contributed by atoms with Crippen molar-refractivity contribution in [2.24, 2.45) is 17.6 Å². The van der Waals surface area contributed by atoms with E-state index in [4.69, 9.17) is 5.73 Å². The van der Waals surface area contributed by atoms with E-state index in [1.807, 2.05) is 9.80 Å². The molecule has 4 N–H and O–H groups in total. The lowest BCUT2D eigenvalue weighted by molar-refractivity contribution is -0.154. The predicted octanol–water partition coefficient (Wildman–Crippen LogP) is -1.24. The van der Waals surface area contributed by atoms with Crippen molar-refractivity contribution in [1.82, 2.24) is 15.1 Å². The molecule has 0 aromatic heterocycles. The number of carbonyl (C=O) groups excluding carboxylic acids is 2. The number of piperidine rings is 1. The Morgan fingerprint density at radius 3 is 2.39 bits per heavy atom. The summed E-state index contributed by atoms with van der Waals surface area (Å²) in [5.41, 5.74) is 4.67. The van der Waals surface area contributed by atoms with Gasteiger partial charge in [0.1, 0.15) is 0 Å². The molecule has 1 aliphatic carbocycles. The van der Waals surface area contributed by atoms with E-state index in [9.17, 15) is 14.7 Å². The van der Waals surface area contributed by atoms with Gasteiger partial charge in [0.15, 0.2) is 0 Å². The Kier molecular flexibility index (Phi) is 4.89. The van der Waals surface area contributed by atoms with Crippen LogP contribution in [-0.2, 0) is 9.59 Å². The lowest BCUT2D eigenvalue weighted by Gasteiger charge is -2.45. The van der Waals surface area contributed by atoms with Crippen molar-refractivity contribution in [1.29, 1.82) is 0 Å². The molecule has 1 unspecified atom stereocenters. The zero-order chi connectivity index (χ0) is 16.4. The number of hydrogen-bond donors (Lipinski definition) is 3. The maximum Gasteiger partial charge on any atom is 0.227 e. The summed E-state index contributed by atoms with van der Waals surface area (Å²) in [6.45, 7) is 4.67. The third-order valence-corrected chi connectivity index (χ3v) is 5.49. The summed E-state index contributed by atoms with van der Waals surface area (Å²) in [5, 5.41) is 13.2. The van der Waals surface area contributed by atoms with Crippen LogP contribution in [0.25, 0.3) is 0 Å².